The van der Waals surface area contributed by atoms with Crippen LogP contribution in [0.2, 0.25) is 0 Å². The monoisotopic (exact) mass is 544 g/mol. The van der Waals surface area contributed by atoms with E-state index in [1.54, 1.807) is 17.0 Å². The summed E-state index contributed by atoms with van der Waals surface area (Å²) < 4.78 is 15.9. The van der Waals surface area contributed by atoms with Gasteiger partial charge in [0.1, 0.15) is 11.8 Å². The third kappa shape index (κ3) is 3.66. The van der Waals surface area contributed by atoms with E-state index >= 15 is 0 Å². The molecule has 1 aliphatic heterocycles. The predicted octanol–water partition coefficient (Wildman–Crippen LogP) is 5.73. The molecular weight excluding hydrogens is 524 g/mol. The maximum atomic E-state index is 6.47. The lowest BCUT2D eigenvalue weighted by Crippen LogP contribution is -2.16. The van der Waals surface area contributed by atoms with Gasteiger partial charge in [0.25, 0.3) is 5.22 Å². The van der Waals surface area contributed by atoms with Gasteiger partial charge in [-0.05, 0) is 42.8 Å². The lowest BCUT2D eigenvalue weighted by Gasteiger charge is -2.26. The minimum absolute atomic E-state index is 0.247. The molecule has 11 heteroatoms. The third-order valence-electron chi connectivity index (χ3n) is 6.88. The summed E-state index contributed by atoms with van der Waals surface area (Å²) in [5, 5.41) is 10.2. The minimum atomic E-state index is -0.247. The van der Waals surface area contributed by atoms with Crippen LogP contribution in [0.3, 0.4) is 0 Å². The van der Waals surface area contributed by atoms with Crippen molar-refractivity contribution in [2.24, 2.45) is 0 Å². The normalized spacial score (nSPS) is 14.3. The first kappa shape index (κ1) is 22.9. The molecule has 6 heterocycles. The number of aryl methyl sites for hydroxylation is 1. The molecule has 0 aliphatic carbocycles. The number of hydrogen-bond donors (Lipinski definition) is 0. The molecule has 0 amide bonds. The summed E-state index contributed by atoms with van der Waals surface area (Å²) >= 11 is 1.45. The molecule has 8 rings (SSSR count). The molecule has 0 spiro atoms. The molecule has 5 aromatic heterocycles. The Balaban J connectivity index is 1.24. The summed E-state index contributed by atoms with van der Waals surface area (Å²) in [4.78, 5) is 18.6. The van der Waals surface area contributed by atoms with Crippen LogP contribution in [0, 0.1) is 6.92 Å². The number of aromatic nitrogens is 8. The first-order valence-electron chi connectivity index (χ1n) is 12.7. The molecule has 194 valence electrons. The molecular formula is C29H20N8O2S. The highest BCUT2D eigenvalue weighted by molar-refractivity contribution is 7.98. The van der Waals surface area contributed by atoms with Crippen molar-refractivity contribution < 1.29 is 9.15 Å². The molecule has 0 saturated heterocycles. The first-order valence-corrected chi connectivity index (χ1v) is 13.7. The fraction of sp³-hybridized carbons (Fsp3) is 0.103. The number of fused-ring (bicyclic) bond motifs is 5. The largest absolute Gasteiger partial charge is 0.431 e. The van der Waals surface area contributed by atoms with Gasteiger partial charge in [-0.1, -0.05) is 48.2 Å². The van der Waals surface area contributed by atoms with E-state index < -0.39 is 0 Å². The molecule has 0 bridgehead atoms. The Kier molecular flexibility index (Phi) is 5.17. The van der Waals surface area contributed by atoms with Crippen molar-refractivity contribution in [3.05, 3.63) is 114 Å². The number of para-hydroxylation sites is 3. The SMILES string of the molecule is Cc1nn(-c2ccccc2)c2c1C(c1cccnc1)c1c(ncn3nc(CSc4nc5ccccc5o4)nc13)O2. The van der Waals surface area contributed by atoms with E-state index in [1.165, 1.54) is 11.8 Å². The first-order chi connectivity index (χ1) is 19.7. The van der Waals surface area contributed by atoms with E-state index in [-0.39, 0.29) is 5.92 Å². The molecule has 0 saturated carbocycles. The number of benzene rings is 2. The van der Waals surface area contributed by atoms with Gasteiger partial charge in [0, 0.05) is 12.4 Å². The van der Waals surface area contributed by atoms with Crippen LogP contribution >= 0.6 is 11.8 Å². The van der Waals surface area contributed by atoms with Gasteiger partial charge in [-0.25, -0.2) is 24.1 Å². The number of rotatable bonds is 5. The van der Waals surface area contributed by atoms with Crippen LogP contribution < -0.4 is 4.74 Å². The smallest absolute Gasteiger partial charge is 0.257 e. The lowest BCUT2D eigenvalue weighted by molar-refractivity contribution is 0.402. The molecule has 1 unspecified atom stereocenters. The molecule has 0 radical (unpaired) electrons. The number of hydrogen-bond acceptors (Lipinski definition) is 9. The number of pyridine rings is 1. The van der Waals surface area contributed by atoms with Gasteiger partial charge in [0.15, 0.2) is 17.1 Å². The van der Waals surface area contributed by atoms with Crippen LogP contribution in [-0.4, -0.2) is 39.3 Å². The van der Waals surface area contributed by atoms with Gasteiger partial charge in [0.05, 0.1) is 34.2 Å². The van der Waals surface area contributed by atoms with Crippen LogP contribution in [0.1, 0.15) is 34.1 Å². The van der Waals surface area contributed by atoms with Gasteiger partial charge in [-0.2, -0.15) is 5.10 Å². The fourth-order valence-corrected chi connectivity index (χ4v) is 5.83. The van der Waals surface area contributed by atoms with Gasteiger partial charge in [0.2, 0.25) is 11.8 Å². The molecule has 1 atom stereocenters. The highest BCUT2D eigenvalue weighted by Crippen LogP contribution is 2.49. The van der Waals surface area contributed by atoms with Gasteiger partial charge in [-0.3, -0.25) is 4.98 Å². The zero-order valence-corrected chi connectivity index (χ0v) is 22.0. The Labute approximate surface area is 231 Å². The second kappa shape index (κ2) is 9.02. The summed E-state index contributed by atoms with van der Waals surface area (Å²) in [5.74, 6) is 1.97. The van der Waals surface area contributed by atoms with Crippen molar-refractivity contribution in [3.63, 3.8) is 0 Å². The topological polar surface area (TPSA) is 109 Å². The Hall–Kier alpha value is -5.03. The standard InChI is InChI=1S/C29H20N8O2S/c1-17-23-24(18-8-7-13-30-14-18)25-26-33-22(15-40-29-32-20-11-5-6-12-21(20)38-29)35-36(26)16-31-27(25)39-28(23)37(34-17)19-9-3-2-4-10-19/h2-14,16,24H,15H2,1H3. The van der Waals surface area contributed by atoms with Crippen molar-refractivity contribution in [1.82, 2.24) is 39.3 Å². The van der Waals surface area contributed by atoms with Crippen LogP contribution in [0.25, 0.3) is 22.4 Å². The molecule has 7 aromatic rings. The zero-order chi connectivity index (χ0) is 26.6. The Morgan fingerprint density at radius 1 is 0.925 bits per heavy atom. The molecule has 0 N–H and O–H groups in total. The van der Waals surface area contributed by atoms with Crippen LogP contribution in [-0.2, 0) is 5.75 Å². The van der Waals surface area contributed by atoms with Crippen molar-refractivity contribution in [2.45, 2.75) is 23.8 Å². The lowest BCUT2D eigenvalue weighted by atomic mass is 9.85. The van der Waals surface area contributed by atoms with Crippen LogP contribution in [0.15, 0.2) is 95.1 Å². The second-order valence-electron chi connectivity index (χ2n) is 9.37. The fourth-order valence-electron chi connectivity index (χ4n) is 5.15. The zero-order valence-electron chi connectivity index (χ0n) is 21.2. The van der Waals surface area contributed by atoms with E-state index in [2.05, 4.69) is 21.0 Å². The summed E-state index contributed by atoms with van der Waals surface area (Å²) in [6.45, 7) is 2.00. The number of nitrogens with zero attached hydrogens (tertiary/aromatic N) is 8. The summed E-state index contributed by atoms with van der Waals surface area (Å²) in [6.07, 6.45) is 5.27. The van der Waals surface area contributed by atoms with E-state index in [1.807, 2.05) is 78.5 Å². The summed E-state index contributed by atoms with van der Waals surface area (Å²) in [6, 6.07) is 21.6. The third-order valence-corrected chi connectivity index (χ3v) is 7.71. The van der Waals surface area contributed by atoms with E-state index in [4.69, 9.17) is 24.3 Å². The minimum Gasteiger partial charge on any atom is -0.431 e. The molecule has 10 nitrogen and oxygen atoms in total. The highest BCUT2D eigenvalue weighted by atomic mass is 32.2. The molecule has 1 aliphatic rings. The molecule has 2 aromatic carbocycles. The number of oxazole rings is 1. The van der Waals surface area contributed by atoms with Gasteiger partial charge in [-0.15, -0.1) is 5.10 Å². The summed E-state index contributed by atoms with van der Waals surface area (Å²) in [5.41, 5.74) is 6.77. The van der Waals surface area contributed by atoms with E-state index in [0.29, 0.717) is 34.2 Å². The van der Waals surface area contributed by atoms with Gasteiger partial charge >= 0.3 is 0 Å². The Morgan fingerprint density at radius 2 is 1.80 bits per heavy atom. The van der Waals surface area contributed by atoms with Crippen LogP contribution in [0.5, 0.6) is 11.8 Å². The van der Waals surface area contributed by atoms with Crippen molar-refractivity contribution >= 4 is 28.5 Å². The maximum absolute atomic E-state index is 6.47. The number of ether oxygens (including phenoxy) is 1. The van der Waals surface area contributed by atoms with Crippen molar-refractivity contribution in [3.8, 4) is 17.4 Å². The Bertz CT molecular complexity index is 1980. The molecule has 40 heavy (non-hydrogen) atoms. The quantitative estimate of drug-likeness (QED) is 0.251. The second-order valence-corrected chi connectivity index (χ2v) is 10.3. The van der Waals surface area contributed by atoms with Gasteiger partial charge < -0.3 is 9.15 Å². The number of thioether (sulfide) groups is 1. The van der Waals surface area contributed by atoms with Crippen molar-refractivity contribution in [2.75, 3.05) is 0 Å². The maximum Gasteiger partial charge on any atom is 0.257 e. The van der Waals surface area contributed by atoms with E-state index in [0.717, 1.165) is 39.2 Å². The summed E-state index contributed by atoms with van der Waals surface area (Å²) in [7, 11) is 0. The highest BCUT2D eigenvalue weighted by Gasteiger charge is 2.38. The average Bonchev–Trinajstić information content (AvgIpc) is 3.70. The Morgan fingerprint density at radius 3 is 2.65 bits per heavy atom. The van der Waals surface area contributed by atoms with Crippen LogP contribution in [0.4, 0.5) is 0 Å². The van der Waals surface area contributed by atoms with Crippen molar-refractivity contribution in [1.29, 1.82) is 0 Å². The average molecular weight is 545 g/mol. The predicted molar refractivity (Wildman–Crippen MR) is 148 cm³/mol. The van der Waals surface area contributed by atoms with E-state index in [9.17, 15) is 0 Å². The molecule has 0 fully saturated rings.